The lowest BCUT2D eigenvalue weighted by Crippen LogP contribution is -2.44. The maximum atomic E-state index is 12.7. The van der Waals surface area contributed by atoms with Gasteiger partial charge in [-0.2, -0.15) is 0 Å². The predicted molar refractivity (Wildman–Crippen MR) is 92.7 cm³/mol. The minimum Gasteiger partial charge on any atom is -0.328 e. The Bertz CT molecular complexity index is 1120. The van der Waals surface area contributed by atoms with Crippen molar-refractivity contribution >= 4 is 22.8 Å². The number of anilines is 1. The fraction of sp³-hybridized carbons (Fsp3) is 0.294. The van der Waals surface area contributed by atoms with E-state index in [9.17, 15) is 14.4 Å². The normalized spacial score (nSPS) is 13.4. The van der Waals surface area contributed by atoms with Crippen molar-refractivity contribution in [2.45, 2.75) is 13.0 Å². The molecule has 0 spiro atoms. The molecule has 4 rings (SSSR count). The molecule has 8 heteroatoms. The fourth-order valence-corrected chi connectivity index (χ4v) is 3.35. The van der Waals surface area contributed by atoms with Crippen LogP contribution >= 0.6 is 0 Å². The largest absolute Gasteiger partial charge is 0.332 e. The van der Waals surface area contributed by atoms with Gasteiger partial charge >= 0.3 is 5.69 Å². The summed E-state index contributed by atoms with van der Waals surface area (Å²) in [5.41, 5.74) is 1.51. The lowest BCUT2D eigenvalue weighted by molar-refractivity contribution is -0.119. The van der Waals surface area contributed by atoms with E-state index in [0.29, 0.717) is 17.7 Å². The number of fused-ring (bicyclic) bond motifs is 2. The van der Waals surface area contributed by atoms with Crippen molar-refractivity contribution in [3.63, 3.8) is 0 Å². The number of amides is 1. The molecule has 0 bridgehead atoms. The number of aromatic nitrogens is 4. The number of imidazole rings is 1. The van der Waals surface area contributed by atoms with Crippen molar-refractivity contribution in [1.29, 1.82) is 0 Å². The number of nitrogens with zero attached hydrogens (tertiary/aromatic N) is 5. The Morgan fingerprint density at radius 1 is 1.20 bits per heavy atom. The third kappa shape index (κ3) is 2.21. The summed E-state index contributed by atoms with van der Waals surface area (Å²) in [4.78, 5) is 43.7. The molecule has 1 aliphatic rings. The van der Waals surface area contributed by atoms with E-state index < -0.39 is 11.2 Å². The topological polar surface area (TPSA) is 82.1 Å². The van der Waals surface area contributed by atoms with Gasteiger partial charge in [-0.3, -0.25) is 14.2 Å². The van der Waals surface area contributed by atoms with Crippen LogP contribution in [0.5, 0.6) is 0 Å². The van der Waals surface area contributed by atoms with E-state index in [4.69, 9.17) is 0 Å². The summed E-state index contributed by atoms with van der Waals surface area (Å²) in [6.07, 6.45) is 2.25. The van der Waals surface area contributed by atoms with Crippen LogP contribution in [0.4, 0.5) is 5.69 Å². The molecule has 0 atom stereocenters. The zero-order valence-electron chi connectivity index (χ0n) is 14.0. The van der Waals surface area contributed by atoms with Gasteiger partial charge in [-0.05, 0) is 18.1 Å². The second-order valence-electron chi connectivity index (χ2n) is 6.18. The molecule has 1 amide bonds. The molecule has 0 saturated carbocycles. The minimum atomic E-state index is -0.544. The minimum absolute atomic E-state index is 0.273. The Morgan fingerprint density at radius 2 is 1.96 bits per heavy atom. The van der Waals surface area contributed by atoms with Gasteiger partial charge in [0.05, 0.1) is 6.33 Å². The number of hydrogen-bond acceptors (Lipinski definition) is 4. The highest BCUT2D eigenvalue weighted by Gasteiger charge is 2.26. The lowest BCUT2D eigenvalue weighted by atomic mass is 10.2. The van der Waals surface area contributed by atoms with Gasteiger partial charge in [-0.25, -0.2) is 14.3 Å². The van der Waals surface area contributed by atoms with Crippen LogP contribution in [0.2, 0.25) is 0 Å². The fourth-order valence-electron chi connectivity index (χ4n) is 3.35. The number of carbonyl (C=O) groups is 1. The van der Waals surface area contributed by atoms with Crippen LogP contribution in [-0.4, -0.2) is 31.1 Å². The Morgan fingerprint density at radius 3 is 2.76 bits per heavy atom. The first-order valence-electron chi connectivity index (χ1n) is 7.98. The molecule has 2 aromatic heterocycles. The van der Waals surface area contributed by atoms with Gasteiger partial charge in [-0.1, -0.05) is 18.2 Å². The van der Waals surface area contributed by atoms with E-state index in [-0.39, 0.29) is 12.5 Å². The molecule has 1 aromatic carbocycles. The second-order valence-corrected chi connectivity index (χ2v) is 6.18. The lowest BCUT2D eigenvalue weighted by Gasteiger charge is -2.18. The van der Waals surface area contributed by atoms with Crippen molar-refractivity contribution in [3.8, 4) is 0 Å². The van der Waals surface area contributed by atoms with Gasteiger partial charge in [0.2, 0.25) is 5.91 Å². The van der Waals surface area contributed by atoms with Crippen LogP contribution in [0.15, 0.2) is 40.2 Å². The van der Waals surface area contributed by atoms with Crippen LogP contribution < -0.4 is 16.1 Å². The monoisotopic (exact) mass is 339 g/mol. The van der Waals surface area contributed by atoms with Crippen molar-refractivity contribution in [1.82, 2.24) is 18.7 Å². The first-order chi connectivity index (χ1) is 12.0. The van der Waals surface area contributed by atoms with Crippen molar-refractivity contribution in [3.05, 3.63) is 57.0 Å². The zero-order chi connectivity index (χ0) is 17.7. The maximum absolute atomic E-state index is 12.7. The Labute approximate surface area is 142 Å². The number of carbonyl (C=O) groups excluding carboxylic acids is 1. The van der Waals surface area contributed by atoms with Crippen LogP contribution in [0.25, 0.3) is 11.2 Å². The summed E-state index contributed by atoms with van der Waals surface area (Å²) in [6, 6.07) is 7.67. The van der Waals surface area contributed by atoms with E-state index in [2.05, 4.69) is 4.98 Å². The molecule has 0 unspecified atom stereocenters. The van der Waals surface area contributed by atoms with Crippen molar-refractivity contribution in [2.75, 3.05) is 11.4 Å². The Balaban J connectivity index is 1.77. The van der Waals surface area contributed by atoms with Gasteiger partial charge in [0.1, 0.15) is 6.54 Å². The molecule has 0 saturated heterocycles. The van der Waals surface area contributed by atoms with E-state index in [1.54, 1.807) is 23.6 Å². The van der Waals surface area contributed by atoms with Crippen LogP contribution in [0, 0.1) is 0 Å². The molecular weight excluding hydrogens is 322 g/mol. The number of para-hydroxylation sites is 1. The summed E-state index contributed by atoms with van der Waals surface area (Å²) < 4.78 is 3.83. The predicted octanol–water partition coefficient (Wildman–Crippen LogP) is 0.0230. The SMILES string of the molecule is Cn1cnc2c1c(=O)n(CC(=O)N1CCc3ccccc31)c(=O)n2C. The maximum Gasteiger partial charge on any atom is 0.332 e. The van der Waals surface area contributed by atoms with E-state index in [1.807, 2.05) is 24.3 Å². The molecule has 3 aromatic rings. The smallest absolute Gasteiger partial charge is 0.328 e. The summed E-state index contributed by atoms with van der Waals surface area (Å²) in [7, 11) is 3.23. The first kappa shape index (κ1) is 15.4. The molecule has 8 nitrogen and oxygen atoms in total. The third-order valence-corrected chi connectivity index (χ3v) is 4.68. The van der Waals surface area contributed by atoms with Gasteiger partial charge in [-0.15, -0.1) is 0 Å². The molecular formula is C17H17N5O3. The summed E-state index contributed by atoms with van der Waals surface area (Å²) in [5, 5.41) is 0. The number of rotatable bonds is 2. The van der Waals surface area contributed by atoms with Gasteiger partial charge in [0.25, 0.3) is 5.56 Å². The molecule has 128 valence electrons. The standard InChI is InChI=1S/C17H17N5O3/c1-19-10-18-15-14(19)16(24)22(17(25)20(15)2)9-13(23)21-8-7-11-5-3-4-6-12(11)21/h3-6,10H,7-9H2,1-2H3. The molecule has 3 heterocycles. The van der Waals surface area contributed by atoms with Crippen molar-refractivity contribution < 1.29 is 4.79 Å². The van der Waals surface area contributed by atoms with Crippen LogP contribution in [0.3, 0.4) is 0 Å². The summed E-state index contributed by atoms with van der Waals surface area (Å²) in [6.45, 7) is 0.266. The van der Waals surface area contributed by atoms with Crippen molar-refractivity contribution in [2.24, 2.45) is 14.1 Å². The summed E-state index contributed by atoms with van der Waals surface area (Å²) in [5.74, 6) is -0.273. The van der Waals surface area contributed by atoms with Gasteiger partial charge < -0.3 is 9.47 Å². The quantitative estimate of drug-likeness (QED) is 0.659. The second kappa shape index (κ2) is 5.44. The Hall–Kier alpha value is -3.16. The van der Waals surface area contributed by atoms with Crippen LogP contribution in [0.1, 0.15) is 5.56 Å². The molecule has 0 N–H and O–H groups in total. The zero-order valence-corrected chi connectivity index (χ0v) is 14.0. The molecule has 25 heavy (non-hydrogen) atoms. The van der Waals surface area contributed by atoms with E-state index in [1.165, 1.54) is 10.9 Å². The highest BCUT2D eigenvalue weighted by molar-refractivity contribution is 5.95. The van der Waals surface area contributed by atoms with Crippen LogP contribution in [-0.2, 0) is 31.9 Å². The molecule has 1 aliphatic heterocycles. The van der Waals surface area contributed by atoms with Gasteiger partial charge in [0, 0.05) is 26.3 Å². The average molecular weight is 339 g/mol. The summed E-state index contributed by atoms with van der Waals surface area (Å²) >= 11 is 0. The molecule has 0 radical (unpaired) electrons. The molecule has 0 fully saturated rings. The average Bonchev–Trinajstić information content (AvgIpc) is 3.20. The highest BCUT2D eigenvalue weighted by Crippen LogP contribution is 2.27. The van der Waals surface area contributed by atoms with E-state index >= 15 is 0 Å². The number of hydrogen-bond donors (Lipinski definition) is 0. The Kier molecular flexibility index (Phi) is 3.34. The third-order valence-electron chi connectivity index (χ3n) is 4.68. The highest BCUT2D eigenvalue weighted by atomic mass is 16.2. The first-order valence-corrected chi connectivity index (χ1v) is 7.98. The van der Waals surface area contributed by atoms with Gasteiger partial charge in [0.15, 0.2) is 11.2 Å². The van der Waals surface area contributed by atoms with E-state index in [0.717, 1.165) is 22.2 Å². The molecule has 0 aliphatic carbocycles. The number of aryl methyl sites for hydroxylation is 2. The number of benzene rings is 1.